The maximum atomic E-state index is 11.6. The Morgan fingerprint density at radius 1 is 1.50 bits per heavy atom. The summed E-state index contributed by atoms with van der Waals surface area (Å²) in [7, 11) is -3.44. The van der Waals surface area contributed by atoms with Gasteiger partial charge >= 0.3 is 0 Å². The van der Waals surface area contributed by atoms with Gasteiger partial charge in [0.2, 0.25) is 10.0 Å². The van der Waals surface area contributed by atoms with Crippen LogP contribution in [0.4, 0.5) is 0 Å². The minimum Gasteiger partial charge on any atom is -0.317 e. The molecule has 16 heavy (non-hydrogen) atoms. The molecule has 0 aromatic carbocycles. The minimum atomic E-state index is -3.44. The molecule has 0 radical (unpaired) electrons. The number of rotatable bonds is 4. The molecule has 5 nitrogen and oxygen atoms in total. The van der Waals surface area contributed by atoms with E-state index in [-0.39, 0.29) is 23.6 Å². The van der Waals surface area contributed by atoms with E-state index >= 15 is 0 Å². The first-order valence-corrected chi connectivity index (χ1v) is 6.79. The summed E-state index contributed by atoms with van der Waals surface area (Å²) in [6.07, 6.45) is 2.71. The van der Waals surface area contributed by atoms with E-state index in [2.05, 4.69) is 4.72 Å². The van der Waals surface area contributed by atoms with E-state index in [9.17, 15) is 13.2 Å². The Balaban J connectivity index is 0.00000128. The fourth-order valence-electron chi connectivity index (χ4n) is 1.82. The van der Waals surface area contributed by atoms with Crippen LogP contribution in [0.15, 0.2) is 0 Å². The van der Waals surface area contributed by atoms with Gasteiger partial charge in [-0.2, -0.15) is 0 Å². The van der Waals surface area contributed by atoms with Crippen molar-refractivity contribution in [2.45, 2.75) is 43.4 Å². The van der Waals surface area contributed by atoms with Crippen LogP contribution >= 0.6 is 12.4 Å². The third kappa shape index (κ3) is 2.33. The van der Waals surface area contributed by atoms with Gasteiger partial charge in [0.05, 0.1) is 10.8 Å². The van der Waals surface area contributed by atoms with Crippen LogP contribution in [0.2, 0.25) is 0 Å². The maximum absolute atomic E-state index is 11.6. The molecule has 2 atom stereocenters. The van der Waals surface area contributed by atoms with Gasteiger partial charge in [-0.25, -0.2) is 8.42 Å². The van der Waals surface area contributed by atoms with Gasteiger partial charge in [0.1, 0.15) is 0 Å². The lowest BCUT2D eigenvalue weighted by Crippen LogP contribution is -2.47. The van der Waals surface area contributed by atoms with Crippen LogP contribution in [0.3, 0.4) is 0 Å². The average Bonchev–Trinajstić information content (AvgIpc) is 2.97. The van der Waals surface area contributed by atoms with E-state index < -0.39 is 21.5 Å². The number of nitrogens with two attached hydrogens (primary N) is 1. The zero-order valence-corrected chi connectivity index (χ0v) is 10.7. The molecule has 7 heteroatoms. The lowest BCUT2D eigenvalue weighted by Gasteiger charge is -2.11. The molecule has 1 amide bonds. The summed E-state index contributed by atoms with van der Waals surface area (Å²) in [4.78, 5) is 11.6. The number of hydrogen-bond donors (Lipinski definition) is 2. The van der Waals surface area contributed by atoms with Crippen molar-refractivity contribution >= 4 is 28.3 Å². The first kappa shape index (κ1) is 13.7. The van der Waals surface area contributed by atoms with Gasteiger partial charge in [-0.05, 0) is 25.2 Å². The van der Waals surface area contributed by atoms with E-state index in [4.69, 9.17) is 5.73 Å². The second kappa shape index (κ2) is 4.16. The van der Waals surface area contributed by atoms with Crippen molar-refractivity contribution < 1.29 is 13.2 Å². The Hall–Kier alpha value is -0.330. The van der Waals surface area contributed by atoms with Gasteiger partial charge in [0.25, 0.3) is 5.91 Å². The molecule has 2 rings (SSSR count). The SMILES string of the molecule is CC[C@@H]1CC1(N)C(=O)NS(=O)(=O)C1CC1.Cl. The summed E-state index contributed by atoms with van der Waals surface area (Å²) in [5.74, 6) is -0.395. The van der Waals surface area contributed by atoms with Gasteiger partial charge in [-0.3, -0.25) is 9.52 Å². The zero-order chi connectivity index (χ0) is 11.3. The number of halogens is 1. The quantitative estimate of drug-likeness (QED) is 0.759. The summed E-state index contributed by atoms with van der Waals surface area (Å²) in [5, 5.41) is -0.371. The van der Waals surface area contributed by atoms with E-state index in [1.54, 1.807) is 0 Å². The molecule has 2 saturated carbocycles. The monoisotopic (exact) mass is 268 g/mol. The highest BCUT2D eigenvalue weighted by Crippen LogP contribution is 2.43. The van der Waals surface area contributed by atoms with Crippen molar-refractivity contribution in [1.82, 2.24) is 4.72 Å². The number of amides is 1. The molecule has 2 fully saturated rings. The number of carbonyl (C=O) groups is 1. The van der Waals surface area contributed by atoms with Crippen molar-refractivity contribution in [2.24, 2.45) is 11.7 Å². The highest BCUT2D eigenvalue weighted by molar-refractivity contribution is 7.90. The van der Waals surface area contributed by atoms with E-state index in [0.717, 1.165) is 6.42 Å². The maximum Gasteiger partial charge on any atom is 0.253 e. The van der Waals surface area contributed by atoms with Crippen molar-refractivity contribution in [2.75, 3.05) is 0 Å². The fourth-order valence-corrected chi connectivity index (χ4v) is 3.19. The first-order valence-electron chi connectivity index (χ1n) is 5.25. The Morgan fingerprint density at radius 2 is 2.06 bits per heavy atom. The van der Waals surface area contributed by atoms with Gasteiger partial charge in [0, 0.05) is 0 Å². The number of hydrogen-bond acceptors (Lipinski definition) is 4. The molecule has 3 N–H and O–H groups in total. The Kier molecular flexibility index (Phi) is 3.57. The number of carbonyl (C=O) groups excluding carboxylic acids is 1. The average molecular weight is 269 g/mol. The second-order valence-electron chi connectivity index (χ2n) is 4.53. The van der Waals surface area contributed by atoms with Crippen LogP contribution in [-0.2, 0) is 14.8 Å². The standard InChI is InChI=1S/C9H16N2O3S.ClH/c1-2-6-5-9(6,10)8(12)11-15(13,14)7-3-4-7;/h6-7H,2-5,10H2,1H3,(H,11,12);1H/t6-,9?;/m1./s1. The molecule has 2 aliphatic rings. The Morgan fingerprint density at radius 3 is 2.44 bits per heavy atom. The molecule has 2 aliphatic carbocycles. The van der Waals surface area contributed by atoms with Crippen molar-refractivity contribution in [3.63, 3.8) is 0 Å². The largest absolute Gasteiger partial charge is 0.317 e. The van der Waals surface area contributed by atoms with Gasteiger partial charge in [0.15, 0.2) is 0 Å². The molecule has 0 spiro atoms. The summed E-state index contributed by atoms with van der Waals surface area (Å²) >= 11 is 0. The lowest BCUT2D eigenvalue weighted by atomic mass is 10.2. The summed E-state index contributed by atoms with van der Waals surface area (Å²) < 4.78 is 25.1. The van der Waals surface area contributed by atoms with Crippen molar-refractivity contribution in [1.29, 1.82) is 0 Å². The van der Waals surface area contributed by atoms with E-state index in [0.29, 0.717) is 19.3 Å². The smallest absolute Gasteiger partial charge is 0.253 e. The summed E-state index contributed by atoms with van der Waals surface area (Å²) in [5.41, 5.74) is 4.86. The molecule has 0 saturated heterocycles. The predicted molar refractivity (Wildman–Crippen MR) is 62.6 cm³/mol. The number of sulfonamides is 1. The van der Waals surface area contributed by atoms with Crippen LogP contribution in [0.25, 0.3) is 0 Å². The molecule has 0 aromatic heterocycles. The molecular formula is C9H17ClN2O3S. The van der Waals surface area contributed by atoms with E-state index in [1.807, 2.05) is 6.92 Å². The van der Waals surface area contributed by atoms with Crippen molar-refractivity contribution in [3.05, 3.63) is 0 Å². The van der Waals surface area contributed by atoms with Gasteiger partial charge in [-0.1, -0.05) is 13.3 Å². The topological polar surface area (TPSA) is 89.3 Å². The van der Waals surface area contributed by atoms with Crippen molar-refractivity contribution in [3.8, 4) is 0 Å². The van der Waals surface area contributed by atoms with Gasteiger partial charge in [-0.15, -0.1) is 12.4 Å². The number of nitrogens with one attached hydrogen (secondary N) is 1. The summed E-state index contributed by atoms with van der Waals surface area (Å²) in [6, 6.07) is 0. The fraction of sp³-hybridized carbons (Fsp3) is 0.889. The van der Waals surface area contributed by atoms with Crippen LogP contribution in [0.1, 0.15) is 32.6 Å². The van der Waals surface area contributed by atoms with Gasteiger partial charge < -0.3 is 5.73 Å². The third-order valence-electron chi connectivity index (χ3n) is 3.27. The third-order valence-corrected chi connectivity index (χ3v) is 5.09. The highest BCUT2D eigenvalue weighted by atomic mass is 35.5. The summed E-state index contributed by atoms with van der Waals surface area (Å²) in [6.45, 7) is 1.95. The molecule has 94 valence electrons. The van der Waals surface area contributed by atoms with Crippen LogP contribution in [0, 0.1) is 5.92 Å². The molecule has 0 aromatic rings. The minimum absolute atomic E-state index is 0. The Labute approximate surface area is 102 Å². The highest BCUT2D eigenvalue weighted by Gasteiger charge is 2.57. The lowest BCUT2D eigenvalue weighted by molar-refractivity contribution is -0.121. The molecule has 0 heterocycles. The normalized spacial score (nSPS) is 32.8. The zero-order valence-electron chi connectivity index (χ0n) is 9.10. The Bertz CT molecular complexity index is 394. The van der Waals surface area contributed by atoms with E-state index in [1.165, 1.54) is 0 Å². The van der Waals surface area contributed by atoms with Crippen LogP contribution in [0.5, 0.6) is 0 Å². The molecule has 0 bridgehead atoms. The first-order chi connectivity index (χ1) is 6.90. The van der Waals surface area contributed by atoms with Crippen LogP contribution < -0.4 is 10.5 Å². The molecular weight excluding hydrogens is 252 g/mol. The molecule has 1 unspecified atom stereocenters. The molecule has 0 aliphatic heterocycles. The predicted octanol–water partition coefficient (Wildman–Crippen LogP) is 0.144. The second-order valence-corrected chi connectivity index (χ2v) is 6.49. The van der Waals surface area contributed by atoms with Crippen LogP contribution in [-0.4, -0.2) is 25.1 Å².